The molecule has 0 N–H and O–H groups in total. The van der Waals surface area contributed by atoms with Crippen LogP contribution in [-0.2, 0) is 11.2 Å². The van der Waals surface area contributed by atoms with Gasteiger partial charge in [-0.2, -0.15) is 0 Å². The summed E-state index contributed by atoms with van der Waals surface area (Å²) < 4.78 is 0. The van der Waals surface area contributed by atoms with E-state index < -0.39 is 0 Å². The molecule has 4 rings (SSSR count). The normalized spacial score (nSPS) is 25.5. The summed E-state index contributed by atoms with van der Waals surface area (Å²) in [5.74, 6) is 1.31. The Morgan fingerprint density at radius 2 is 1.88 bits per heavy atom. The van der Waals surface area contributed by atoms with Gasteiger partial charge in [-0.1, -0.05) is 61.0 Å². The number of nitrogens with zero attached hydrogens (tertiary/aromatic N) is 2. The number of carbonyl (C=O) groups is 1. The topological polar surface area (TPSA) is 23.6 Å². The van der Waals surface area contributed by atoms with Crippen LogP contribution >= 0.6 is 11.6 Å². The van der Waals surface area contributed by atoms with Crippen LogP contribution in [0.5, 0.6) is 0 Å². The quantitative estimate of drug-likeness (QED) is 0.813. The monoisotopic (exact) mass is 368 g/mol. The van der Waals surface area contributed by atoms with Crippen molar-refractivity contribution in [3.63, 3.8) is 0 Å². The van der Waals surface area contributed by atoms with E-state index in [1.54, 1.807) is 0 Å². The second-order valence-corrected chi connectivity index (χ2v) is 7.92. The highest BCUT2D eigenvalue weighted by atomic mass is 35.5. The molecule has 2 heterocycles. The average molecular weight is 369 g/mol. The molecule has 0 spiro atoms. The number of hydrogen-bond donors (Lipinski definition) is 0. The lowest BCUT2D eigenvalue weighted by molar-refractivity contribution is -0.132. The first-order valence-corrected chi connectivity index (χ1v) is 9.84. The van der Waals surface area contributed by atoms with Gasteiger partial charge in [0.1, 0.15) is 0 Å². The molecule has 2 aliphatic heterocycles. The molecule has 2 fully saturated rings. The molecule has 0 saturated carbocycles. The lowest BCUT2D eigenvalue weighted by Crippen LogP contribution is -2.36. The summed E-state index contributed by atoms with van der Waals surface area (Å²) in [5.41, 5.74) is 2.25. The van der Waals surface area contributed by atoms with E-state index in [-0.39, 0.29) is 11.9 Å². The molecule has 26 heavy (non-hydrogen) atoms. The number of fused-ring (bicyclic) bond motifs is 1. The van der Waals surface area contributed by atoms with Crippen LogP contribution in [0.4, 0.5) is 0 Å². The van der Waals surface area contributed by atoms with Gasteiger partial charge in [-0.3, -0.25) is 4.79 Å². The number of carbonyl (C=O) groups excluding carboxylic acids is 1. The molecule has 0 radical (unpaired) electrons. The van der Waals surface area contributed by atoms with E-state index >= 15 is 0 Å². The van der Waals surface area contributed by atoms with Crippen molar-refractivity contribution in [2.75, 3.05) is 26.2 Å². The number of rotatable bonds is 4. The maximum atomic E-state index is 13.2. The predicted octanol–water partition coefficient (Wildman–Crippen LogP) is 4.03. The summed E-state index contributed by atoms with van der Waals surface area (Å²) in [6.45, 7) is 6.36. The second-order valence-electron chi connectivity index (χ2n) is 7.48. The summed E-state index contributed by atoms with van der Waals surface area (Å²) in [7, 11) is 0. The molecule has 4 heteroatoms. The zero-order valence-corrected chi connectivity index (χ0v) is 15.9. The molecule has 0 aromatic heterocycles. The highest BCUT2D eigenvalue weighted by Gasteiger charge is 2.48. The third kappa shape index (κ3) is 3.38. The summed E-state index contributed by atoms with van der Waals surface area (Å²) in [6, 6.07) is 18.4. The first kappa shape index (κ1) is 17.6. The van der Waals surface area contributed by atoms with E-state index in [0.717, 1.165) is 31.7 Å². The van der Waals surface area contributed by atoms with Crippen molar-refractivity contribution < 1.29 is 4.79 Å². The van der Waals surface area contributed by atoms with Gasteiger partial charge in [0.15, 0.2) is 0 Å². The Bertz CT molecular complexity index is 779. The lowest BCUT2D eigenvalue weighted by atomic mass is 9.89. The SMILES string of the molecule is CCN1C[C@H]2CN(C(=O)Cc3cccc(Cl)c3)[C@H](c3ccccc3)[C@H]2C1. The van der Waals surface area contributed by atoms with Crippen LogP contribution < -0.4 is 0 Å². The smallest absolute Gasteiger partial charge is 0.227 e. The maximum absolute atomic E-state index is 13.2. The van der Waals surface area contributed by atoms with Crippen molar-refractivity contribution in [3.8, 4) is 0 Å². The van der Waals surface area contributed by atoms with Gasteiger partial charge in [-0.15, -0.1) is 0 Å². The fraction of sp³-hybridized carbons (Fsp3) is 0.409. The molecule has 2 saturated heterocycles. The molecule has 2 aliphatic rings. The molecular formula is C22H25ClN2O. The van der Waals surface area contributed by atoms with E-state index in [1.165, 1.54) is 5.56 Å². The molecule has 1 amide bonds. The molecule has 2 aromatic carbocycles. The average Bonchev–Trinajstić information content (AvgIpc) is 3.19. The summed E-state index contributed by atoms with van der Waals surface area (Å²) in [4.78, 5) is 17.8. The molecule has 2 aromatic rings. The van der Waals surface area contributed by atoms with E-state index in [1.807, 2.05) is 30.3 Å². The van der Waals surface area contributed by atoms with Crippen LogP contribution in [0, 0.1) is 11.8 Å². The predicted molar refractivity (Wildman–Crippen MR) is 105 cm³/mol. The Labute approximate surface area is 160 Å². The van der Waals surface area contributed by atoms with Crippen molar-refractivity contribution in [2.24, 2.45) is 11.8 Å². The van der Waals surface area contributed by atoms with E-state index in [4.69, 9.17) is 11.6 Å². The van der Waals surface area contributed by atoms with Gasteiger partial charge >= 0.3 is 0 Å². The van der Waals surface area contributed by atoms with Gasteiger partial charge in [0.05, 0.1) is 12.5 Å². The first-order valence-electron chi connectivity index (χ1n) is 9.47. The van der Waals surface area contributed by atoms with Gasteiger partial charge in [-0.25, -0.2) is 0 Å². The fourth-order valence-corrected chi connectivity index (χ4v) is 4.87. The number of likely N-dealkylation sites (tertiary alicyclic amines) is 2. The Morgan fingerprint density at radius 1 is 1.08 bits per heavy atom. The molecule has 136 valence electrons. The summed E-state index contributed by atoms with van der Waals surface area (Å²) in [5, 5.41) is 0.687. The van der Waals surface area contributed by atoms with Crippen LogP contribution in [-0.4, -0.2) is 41.9 Å². The van der Waals surface area contributed by atoms with Crippen molar-refractivity contribution in [1.29, 1.82) is 0 Å². The number of amides is 1. The largest absolute Gasteiger partial charge is 0.335 e. The van der Waals surface area contributed by atoms with Crippen LogP contribution in [0.15, 0.2) is 54.6 Å². The van der Waals surface area contributed by atoms with Gasteiger partial charge in [0, 0.05) is 30.6 Å². The van der Waals surface area contributed by atoms with Crippen LogP contribution in [0.3, 0.4) is 0 Å². The molecule has 0 bridgehead atoms. The minimum Gasteiger partial charge on any atom is -0.335 e. The van der Waals surface area contributed by atoms with Crippen molar-refractivity contribution in [3.05, 3.63) is 70.7 Å². The lowest BCUT2D eigenvalue weighted by Gasteiger charge is -2.30. The summed E-state index contributed by atoms with van der Waals surface area (Å²) >= 11 is 6.09. The Hall–Kier alpha value is -1.84. The first-order chi connectivity index (χ1) is 12.7. The van der Waals surface area contributed by atoms with Gasteiger partial charge in [0.2, 0.25) is 5.91 Å². The Morgan fingerprint density at radius 3 is 2.62 bits per heavy atom. The number of halogens is 1. The highest BCUT2D eigenvalue weighted by Crippen LogP contribution is 2.45. The van der Waals surface area contributed by atoms with Crippen LogP contribution in [0.25, 0.3) is 0 Å². The van der Waals surface area contributed by atoms with Crippen molar-refractivity contribution in [2.45, 2.75) is 19.4 Å². The molecular weight excluding hydrogens is 344 g/mol. The van der Waals surface area contributed by atoms with E-state index in [0.29, 0.717) is 23.3 Å². The molecule has 0 aliphatic carbocycles. The van der Waals surface area contributed by atoms with Crippen LogP contribution in [0.2, 0.25) is 5.02 Å². The minimum atomic E-state index is 0.185. The zero-order chi connectivity index (χ0) is 18.1. The number of hydrogen-bond acceptors (Lipinski definition) is 2. The van der Waals surface area contributed by atoms with E-state index in [9.17, 15) is 4.79 Å². The fourth-order valence-electron chi connectivity index (χ4n) is 4.65. The Kier molecular flexibility index (Phi) is 5.01. The standard InChI is InChI=1S/C22H25ClN2O/c1-2-24-13-18-14-25(21(26)12-16-7-6-10-19(23)11-16)22(20(18)15-24)17-8-4-3-5-9-17/h3-11,18,20,22H,2,12-15H2,1H3/t18-,20-,22+/m0/s1. The van der Waals surface area contributed by atoms with Crippen molar-refractivity contribution in [1.82, 2.24) is 9.80 Å². The summed E-state index contributed by atoms with van der Waals surface area (Å²) in [6.07, 6.45) is 0.417. The Balaban J connectivity index is 1.59. The maximum Gasteiger partial charge on any atom is 0.227 e. The zero-order valence-electron chi connectivity index (χ0n) is 15.1. The minimum absolute atomic E-state index is 0.185. The van der Waals surface area contributed by atoms with Crippen LogP contribution in [0.1, 0.15) is 24.1 Å². The third-order valence-electron chi connectivity index (χ3n) is 5.89. The second kappa shape index (κ2) is 7.42. The molecule has 3 nitrogen and oxygen atoms in total. The van der Waals surface area contributed by atoms with Gasteiger partial charge in [-0.05, 0) is 35.7 Å². The van der Waals surface area contributed by atoms with Gasteiger partial charge < -0.3 is 9.80 Å². The van der Waals surface area contributed by atoms with Crippen molar-refractivity contribution >= 4 is 17.5 Å². The highest BCUT2D eigenvalue weighted by molar-refractivity contribution is 6.30. The number of benzene rings is 2. The third-order valence-corrected chi connectivity index (χ3v) is 6.13. The van der Waals surface area contributed by atoms with E-state index in [2.05, 4.69) is 41.0 Å². The van der Waals surface area contributed by atoms with Gasteiger partial charge in [0.25, 0.3) is 0 Å². The molecule has 3 atom stereocenters. The molecule has 0 unspecified atom stereocenters.